The molecule has 10 heteroatoms. The second-order valence-electron chi connectivity index (χ2n) is 13.6. The van der Waals surface area contributed by atoms with Crippen molar-refractivity contribution in [1.29, 1.82) is 0 Å². The maximum atomic E-state index is 13.3. The average Bonchev–Trinajstić information content (AvgIpc) is 3.40. The van der Waals surface area contributed by atoms with E-state index >= 15 is 0 Å². The molecule has 35 heavy (non-hydrogen) atoms. The van der Waals surface area contributed by atoms with Gasteiger partial charge >= 0.3 is 0 Å². The van der Waals surface area contributed by atoms with Crippen molar-refractivity contribution in [2.45, 2.75) is 110 Å². The standard InChI is InChI=1S/C25H44N2O6S2/c1-22(2)16-8-10-24(22,20(28)12-16)14-34(30,31)26-18-6-5-7-19(18)27-35(32,33)15-25-11-9-17(13-21(25)29)23(25,3)4/h16-21,26-29H,5-15H2,1-4H3/t16-,17-,18-,19-,20-,21-,24-,25-/m0/s1. The summed E-state index contributed by atoms with van der Waals surface area (Å²) >= 11 is 0. The van der Waals surface area contributed by atoms with Gasteiger partial charge in [-0.2, -0.15) is 0 Å². The minimum atomic E-state index is -3.73. The molecule has 0 radical (unpaired) electrons. The van der Waals surface area contributed by atoms with E-state index in [1.807, 2.05) is 0 Å². The zero-order valence-corrected chi connectivity index (χ0v) is 23.2. The highest BCUT2D eigenvalue weighted by Gasteiger charge is 2.66. The van der Waals surface area contributed by atoms with Crippen molar-refractivity contribution in [1.82, 2.24) is 9.44 Å². The van der Waals surface area contributed by atoms with E-state index in [4.69, 9.17) is 0 Å². The lowest BCUT2D eigenvalue weighted by Gasteiger charge is -2.41. The minimum Gasteiger partial charge on any atom is -0.392 e. The average molecular weight is 533 g/mol. The van der Waals surface area contributed by atoms with Gasteiger partial charge in [0.2, 0.25) is 20.0 Å². The Morgan fingerprint density at radius 3 is 1.34 bits per heavy atom. The van der Waals surface area contributed by atoms with E-state index in [0.717, 1.165) is 19.3 Å². The van der Waals surface area contributed by atoms with E-state index in [2.05, 4.69) is 37.1 Å². The number of hydrogen-bond donors (Lipinski definition) is 4. The van der Waals surface area contributed by atoms with Crippen molar-refractivity contribution in [2.24, 2.45) is 33.5 Å². The molecule has 5 rings (SSSR count). The Balaban J connectivity index is 1.28. The van der Waals surface area contributed by atoms with Crippen LogP contribution in [0.5, 0.6) is 0 Å². The maximum absolute atomic E-state index is 13.3. The second-order valence-corrected chi connectivity index (χ2v) is 17.1. The monoisotopic (exact) mass is 532 g/mol. The van der Waals surface area contributed by atoms with Gasteiger partial charge < -0.3 is 10.2 Å². The Morgan fingerprint density at radius 1 is 0.686 bits per heavy atom. The molecular weight excluding hydrogens is 488 g/mol. The number of aliphatic hydroxyl groups is 2. The number of aliphatic hydroxyl groups excluding tert-OH is 2. The molecule has 0 aromatic carbocycles. The molecule has 5 saturated carbocycles. The van der Waals surface area contributed by atoms with Crippen LogP contribution in [-0.4, -0.2) is 62.8 Å². The lowest BCUT2D eigenvalue weighted by atomic mass is 9.70. The largest absolute Gasteiger partial charge is 0.392 e. The number of hydrogen-bond acceptors (Lipinski definition) is 6. The number of fused-ring (bicyclic) bond motifs is 4. The van der Waals surface area contributed by atoms with Gasteiger partial charge in [0.15, 0.2) is 0 Å². The van der Waals surface area contributed by atoms with Gasteiger partial charge in [-0.3, -0.25) is 0 Å². The van der Waals surface area contributed by atoms with E-state index in [1.165, 1.54) is 0 Å². The van der Waals surface area contributed by atoms with Crippen LogP contribution in [0.25, 0.3) is 0 Å². The second kappa shape index (κ2) is 8.12. The van der Waals surface area contributed by atoms with E-state index in [0.29, 0.717) is 50.4 Å². The lowest BCUT2D eigenvalue weighted by molar-refractivity contribution is 0.0149. The molecular formula is C25H44N2O6S2. The first-order valence-electron chi connectivity index (χ1n) is 13.4. The molecule has 0 aromatic heterocycles. The van der Waals surface area contributed by atoms with E-state index in [-0.39, 0.29) is 22.3 Å². The van der Waals surface area contributed by atoms with Crippen molar-refractivity contribution in [3.63, 3.8) is 0 Å². The minimum absolute atomic E-state index is 0.120. The summed E-state index contributed by atoms with van der Waals surface area (Å²) in [6.07, 6.45) is 5.24. The molecule has 5 aliphatic carbocycles. The SMILES string of the molecule is CC1(C)[C@H]2CC[C@]1(CS(=O)(=O)N[C@H]1CCC[C@@H]1NS(=O)(=O)C[C@@]13CC[C@@H](C[C@@H]1O)C3(C)C)[C@@H](O)C2. The summed E-state index contributed by atoms with van der Waals surface area (Å²) in [6, 6.07) is -0.999. The Hall–Kier alpha value is -0.260. The van der Waals surface area contributed by atoms with Crippen LogP contribution in [-0.2, 0) is 20.0 Å². The number of nitrogens with one attached hydrogen (secondary N) is 2. The van der Waals surface area contributed by atoms with Crippen LogP contribution in [0, 0.1) is 33.5 Å². The van der Waals surface area contributed by atoms with Crippen molar-refractivity contribution in [3.8, 4) is 0 Å². The highest BCUT2D eigenvalue weighted by molar-refractivity contribution is 7.89. The first-order chi connectivity index (χ1) is 16.1. The highest BCUT2D eigenvalue weighted by atomic mass is 32.2. The Kier molecular flexibility index (Phi) is 6.11. The fraction of sp³-hybridized carbons (Fsp3) is 1.00. The summed E-state index contributed by atoms with van der Waals surface area (Å²) in [5.74, 6) is 0.434. The smallest absolute Gasteiger partial charge is 0.212 e. The van der Waals surface area contributed by atoms with Crippen LogP contribution in [0.15, 0.2) is 0 Å². The zero-order valence-electron chi connectivity index (χ0n) is 21.6. The van der Waals surface area contributed by atoms with Gasteiger partial charge in [0.1, 0.15) is 0 Å². The van der Waals surface area contributed by atoms with E-state index in [9.17, 15) is 27.0 Å². The summed E-state index contributed by atoms with van der Waals surface area (Å²) in [4.78, 5) is 0. The molecule has 0 heterocycles. The molecule has 5 aliphatic rings. The van der Waals surface area contributed by atoms with Gasteiger partial charge in [0.25, 0.3) is 0 Å². The molecule has 8 atom stereocenters. The van der Waals surface area contributed by atoms with E-state index in [1.54, 1.807) is 0 Å². The van der Waals surface area contributed by atoms with Crippen LogP contribution in [0.4, 0.5) is 0 Å². The summed E-state index contributed by atoms with van der Waals surface area (Å²) in [5.41, 5.74) is -1.80. The van der Waals surface area contributed by atoms with Gasteiger partial charge in [-0.1, -0.05) is 34.1 Å². The van der Waals surface area contributed by atoms with Crippen molar-refractivity contribution >= 4 is 20.0 Å². The van der Waals surface area contributed by atoms with Gasteiger partial charge in [-0.05, 0) is 74.0 Å². The summed E-state index contributed by atoms with van der Waals surface area (Å²) in [5, 5.41) is 21.6. The molecule has 202 valence electrons. The first kappa shape index (κ1) is 26.4. The van der Waals surface area contributed by atoms with Crippen LogP contribution in [0.1, 0.15) is 85.5 Å². The molecule has 0 spiro atoms. The van der Waals surface area contributed by atoms with Crippen LogP contribution in [0.3, 0.4) is 0 Å². The quantitative estimate of drug-likeness (QED) is 0.379. The zero-order chi connectivity index (χ0) is 25.7. The van der Waals surface area contributed by atoms with Crippen molar-refractivity contribution < 1.29 is 27.0 Å². The van der Waals surface area contributed by atoms with Gasteiger partial charge in [-0.25, -0.2) is 26.3 Å². The normalized spacial score (nSPS) is 46.0. The van der Waals surface area contributed by atoms with Gasteiger partial charge in [-0.15, -0.1) is 0 Å². The molecule has 0 aromatic rings. The molecule has 0 amide bonds. The molecule has 0 saturated heterocycles. The Labute approximate surface area is 211 Å². The molecule has 8 nitrogen and oxygen atoms in total. The molecule has 4 N–H and O–H groups in total. The molecule has 0 aliphatic heterocycles. The van der Waals surface area contributed by atoms with Crippen LogP contribution in [0.2, 0.25) is 0 Å². The maximum Gasteiger partial charge on any atom is 0.212 e. The van der Waals surface area contributed by atoms with Gasteiger partial charge in [0.05, 0.1) is 23.7 Å². The molecule has 4 bridgehead atoms. The van der Waals surface area contributed by atoms with Gasteiger partial charge in [0, 0.05) is 22.9 Å². The number of sulfonamides is 2. The third kappa shape index (κ3) is 3.87. The fourth-order valence-corrected chi connectivity index (χ4v) is 13.7. The van der Waals surface area contributed by atoms with Crippen LogP contribution < -0.4 is 9.44 Å². The summed E-state index contributed by atoms with van der Waals surface area (Å²) in [7, 11) is -7.46. The fourth-order valence-electron chi connectivity index (χ4n) is 9.22. The molecule has 5 fully saturated rings. The number of rotatable bonds is 8. The summed E-state index contributed by atoms with van der Waals surface area (Å²) < 4.78 is 59.0. The third-order valence-electron chi connectivity index (χ3n) is 11.8. The predicted octanol–water partition coefficient (Wildman–Crippen LogP) is 2.12. The summed E-state index contributed by atoms with van der Waals surface area (Å²) in [6.45, 7) is 8.31. The Morgan fingerprint density at radius 2 is 1.06 bits per heavy atom. The third-order valence-corrected chi connectivity index (χ3v) is 15.0. The lowest BCUT2D eigenvalue weighted by Crippen LogP contribution is -2.54. The molecule has 0 unspecified atom stereocenters. The topological polar surface area (TPSA) is 133 Å². The van der Waals surface area contributed by atoms with Crippen LogP contribution >= 0.6 is 0 Å². The van der Waals surface area contributed by atoms with Crippen molar-refractivity contribution in [3.05, 3.63) is 0 Å². The van der Waals surface area contributed by atoms with E-state index < -0.39 is 55.2 Å². The van der Waals surface area contributed by atoms with Crippen molar-refractivity contribution in [2.75, 3.05) is 11.5 Å². The Bertz CT molecular complexity index is 990. The predicted molar refractivity (Wildman–Crippen MR) is 134 cm³/mol. The first-order valence-corrected chi connectivity index (χ1v) is 16.7. The highest BCUT2D eigenvalue weighted by Crippen LogP contribution is 2.67.